The van der Waals surface area contributed by atoms with E-state index in [1.54, 1.807) is 0 Å². The first-order valence-corrected chi connectivity index (χ1v) is 12.7. The van der Waals surface area contributed by atoms with Gasteiger partial charge in [0.2, 0.25) is 0 Å². The number of para-hydroxylation sites is 1. The Balaban J connectivity index is 1.46. The highest BCUT2D eigenvalue weighted by Crippen LogP contribution is 2.31. The van der Waals surface area contributed by atoms with Gasteiger partial charge in [0.25, 0.3) is 5.91 Å². The quantitative estimate of drug-likeness (QED) is 0.272. The van der Waals surface area contributed by atoms with Gasteiger partial charge in [0.1, 0.15) is 0 Å². The van der Waals surface area contributed by atoms with Crippen LogP contribution in [0.25, 0.3) is 33.4 Å². The van der Waals surface area contributed by atoms with E-state index >= 15 is 0 Å². The molecular formula is C30H27N3OS. The fourth-order valence-corrected chi connectivity index (χ4v) is 5.10. The van der Waals surface area contributed by atoms with Gasteiger partial charge in [-0.25, -0.2) is 9.97 Å². The predicted molar refractivity (Wildman–Crippen MR) is 146 cm³/mol. The molecule has 174 valence electrons. The van der Waals surface area contributed by atoms with Crippen LogP contribution in [0.2, 0.25) is 0 Å². The molecule has 5 aromatic rings. The van der Waals surface area contributed by atoms with E-state index in [2.05, 4.69) is 43.4 Å². The molecule has 0 saturated heterocycles. The molecule has 0 aliphatic heterocycles. The Kier molecular flexibility index (Phi) is 6.43. The molecule has 2 heterocycles. The van der Waals surface area contributed by atoms with Crippen molar-refractivity contribution in [1.29, 1.82) is 0 Å². The normalized spacial score (nSPS) is 11.2. The summed E-state index contributed by atoms with van der Waals surface area (Å²) in [5, 5.41) is 6.44. The van der Waals surface area contributed by atoms with Gasteiger partial charge in [-0.1, -0.05) is 86.6 Å². The first-order chi connectivity index (χ1) is 17.0. The minimum Gasteiger partial charge on any atom is -0.298 e. The van der Waals surface area contributed by atoms with Crippen LogP contribution < -0.4 is 5.32 Å². The van der Waals surface area contributed by atoms with Crippen LogP contribution in [0.1, 0.15) is 35.3 Å². The average molecular weight is 478 g/mol. The van der Waals surface area contributed by atoms with Crippen molar-refractivity contribution in [2.24, 2.45) is 5.92 Å². The number of nitrogens with one attached hydrogen (secondary N) is 1. The van der Waals surface area contributed by atoms with Crippen LogP contribution in [0.5, 0.6) is 0 Å². The number of rotatable bonds is 6. The summed E-state index contributed by atoms with van der Waals surface area (Å²) in [7, 11) is 0. The van der Waals surface area contributed by atoms with Gasteiger partial charge in [0, 0.05) is 21.9 Å². The Morgan fingerprint density at radius 1 is 0.886 bits per heavy atom. The molecule has 4 nitrogen and oxygen atoms in total. The largest absolute Gasteiger partial charge is 0.298 e. The van der Waals surface area contributed by atoms with Gasteiger partial charge in [-0.3, -0.25) is 10.1 Å². The van der Waals surface area contributed by atoms with E-state index in [4.69, 9.17) is 9.97 Å². The zero-order chi connectivity index (χ0) is 24.4. The van der Waals surface area contributed by atoms with E-state index in [-0.39, 0.29) is 5.91 Å². The highest BCUT2D eigenvalue weighted by atomic mass is 32.1. The lowest BCUT2D eigenvalue weighted by Gasteiger charge is -2.14. The third-order valence-electron chi connectivity index (χ3n) is 6.03. The van der Waals surface area contributed by atoms with Crippen LogP contribution in [0.4, 0.5) is 5.13 Å². The maximum atomic E-state index is 13.6. The molecule has 1 N–H and O–H groups in total. The SMILES string of the molecule is Cc1c(-c2ccccc2)nc2ccccc2c1C(=O)Nc1nc(-c2ccc(CC(C)C)cc2)cs1. The Hall–Kier alpha value is -3.83. The Bertz CT molecular complexity index is 1490. The standard InChI is InChI=1S/C30H27N3OS/c1-19(2)17-21-13-15-22(16-14-21)26-18-35-30(32-26)33-29(34)27-20(3)28(23-9-5-4-6-10-23)31-25-12-8-7-11-24(25)27/h4-16,18-19H,17H2,1-3H3,(H,32,33,34). The number of thiazole rings is 1. The number of carbonyl (C=O) groups is 1. The second kappa shape index (κ2) is 9.80. The molecule has 0 aliphatic rings. The van der Waals surface area contributed by atoms with Crippen molar-refractivity contribution < 1.29 is 4.79 Å². The molecule has 0 spiro atoms. The molecule has 0 atom stereocenters. The summed E-state index contributed by atoms with van der Waals surface area (Å²) in [4.78, 5) is 23.1. The molecule has 0 radical (unpaired) electrons. The third kappa shape index (κ3) is 4.86. The van der Waals surface area contributed by atoms with Crippen molar-refractivity contribution in [3.05, 3.63) is 101 Å². The van der Waals surface area contributed by atoms with Gasteiger partial charge in [-0.05, 0) is 36.5 Å². The van der Waals surface area contributed by atoms with Crippen LogP contribution in [0.3, 0.4) is 0 Å². The van der Waals surface area contributed by atoms with E-state index in [1.165, 1.54) is 16.9 Å². The number of nitrogens with zero attached hydrogens (tertiary/aromatic N) is 2. The number of amides is 1. The van der Waals surface area contributed by atoms with Crippen LogP contribution >= 0.6 is 11.3 Å². The Morgan fingerprint density at radius 3 is 2.34 bits per heavy atom. The molecule has 0 aliphatic carbocycles. The fraction of sp³-hybridized carbons (Fsp3) is 0.167. The lowest BCUT2D eigenvalue weighted by atomic mass is 9.97. The third-order valence-corrected chi connectivity index (χ3v) is 6.79. The fourth-order valence-electron chi connectivity index (χ4n) is 4.38. The van der Waals surface area contributed by atoms with Gasteiger partial charge in [0.05, 0.1) is 22.5 Å². The summed E-state index contributed by atoms with van der Waals surface area (Å²) >= 11 is 1.44. The average Bonchev–Trinajstić information content (AvgIpc) is 3.32. The van der Waals surface area contributed by atoms with Crippen LogP contribution in [0, 0.1) is 12.8 Å². The Labute approximate surface area is 209 Å². The van der Waals surface area contributed by atoms with Gasteiger partial charge < -0.3 is 0 Å². The molecule has 35 heavy (non-hydrogen) atoms. The minimum atomic E-state index is -0.175. The first-order valence-electron chi connectivity index (χ1n) is 11.8. The van der Waals surface area contributed by atoms with Gasteiger partial charge >= 0.3 is 0 Å². The summed E-state index contributed by atoms with van der Waals surface area (Å²) in [5.41, 5.74) is 7.31. The lowest BCUT2D eigenvalue weighted by molar-refractivity contribution is 0.102. The maximum Gasteiger partial charge on any atom is 0.258 e. The van der Waals surface area contributed by atoms with Crippen LogP contribution in [0.15, 0.2) is 84.2 Å². The van der Waals surface area contributed by atoms with Crippen molar-refractivity contribution in [3.63, 3.8) is 0 Å². The highest BCUT2D eigenvalue weighted by molar-refractivity contribution is 7.14. The molecule has 0 saturated carbocycles. The molecule has 1 amide bonds. The van der Waals surface area contributed by atoms with Crippen LogP contribution in [-0.4, -0.2) is 15.9 Å². The zero-order valence-electron chi connectivity index (χ0n) is 20.1. The highest BCUT2D eigenvalue weighted by Gasteiger charge is 2.20. The summed E-state index contributed by atoms with van der Waals surface area (Å²) in [6.07, 6.45) is 1.06. The van der Waals surface area contributed by atoms with Crippen molar-refractivity contribution in [2.45, 2.75) is 27.2 Å². The van der Waals surface area contributed by atoms with Crippen LogP contribution in [-0.2, 0) is 6.42 Å². The smallest absolute Gasteiger partial charge is 0.258 e. The molecule has 0 bridgehead atoms. The van der Waals surface area contributed by atoms with E-state index in [9.17, 15) is 4.79 Å². The number of hydrogen-bond acceptors (Lipinski definition) is 4. The summed E-state index contributed by atoms with van der Waals surface area (Å²) in [5.74, 6) is 0.448. The molecule has 3 aromatic carbocycles. The predicted octanol–water partition coefficient (Wildman–Crippen LogP) is 7.78. The Morgan fingerprint density at radius 2 is 1.60 bits per heavy atom. The number of hydrogen-bond donors (Lipinski definition) is 1. The monoisotopic (exact) mass is 477 g/mol. The van der Waals surface area contributed by atoms with Gasteiger partial charge in [-0.15, -0.1) is 11.3 Å². The topological polar surface area (TPSA) is 54.9 Å². The van der Waals surface area contributed by atoms with Crippen molar-refractivity contribution in [1.82, 2.24) is 9.97 Å². The maximum absolute atomic E-state index is 13.6. The zero-order valence-corrected chi connectivity index (χ0v) is 20.9. The van der Waals surface area contributed by atoms with E-state index in [0.29, 0.717) is 16.6 Å². The van der Waals surface area contributed by atoms with E-state index in [0.717, 1.165) is 45.4 Å². The first kappa shape index (κ1) is 22.9. The molecule has 2 aromatic heterocycles. The van der Waals surface area contributed by atoms with Gasteiger partial charge in [0.15, 0.2) is 5.13 Å². The van der Waals surface area contributed by atoms with Gasteiger partial charge in [-0.2, -0.15) is 0 Å². The van der Waals surface area contributed by atoms with Crippen molar-refractivity contribution in [2.75, 3.05) is 5.32 Å². The molecule has 5 rings (SSSR count). The number of carbonyl (C=O) groups excluding carboxylic acids is 1. The number of benzene rings is 3. The molecule has 5 heteroatoms. The van der Waals surface area contributed by atoms with Crippen molar-refractivity contribution in [3.8, 4) is 22.5 Å². The van der Waals surface area contributed by atoms with E-state index < -0.39 is 0 Å². The number of fused-ring (bicyclic) bond motifs is 1. The molecule has 0 unspecified atom stereocenters. The molecular weight excluding hydrogens is 450 g/mol. The number of anilines is 1. The second-order valence-electron chi connectivity index (χ2n) is 9.13. The van der Waals surface area contributed by atoms with E-state index in [1.807, 2.05) is 66.9 Å². The minimum absolute atomic E-state index is 0.175. The lowest BCUT2D eigenvalue weighted by Crippen LogP contribution is -2.15. The number of aromatic nitrogens is 2. The summed E-state index contributed by atoms with van der Waals surface area (Å²) in [6, 6.07) is 26.3. The van der Waals surface area contributed by atoms with Crippen molar-refractivity contribution >= 4 is 33.3 Å². The summed E-state index contributed by atoms with van der Waals surface area (Å²) < 4.78 is 0. The second-order valence-corrected chi connectivity index (χ2v) is 9.99. The molecule has 0 fully saturated rings. The number of pyridine rings is 1. The summed E-state index contributed by atoms with van der Waals surface area (Å²) in [6.45, 7) is 6.41.